The number of hydrogen-bond donors (Lipinski definition) is 1. The Kier molecular flexibility index (Phi) is 5.77. The number of amides is 2. The third kappa shape index (κ3) is 4.61. The van der Waals surface area contributed by atoms with Gasteiger partial charge in [-0.2, -0.15) is 0 Å². The number of carbonyl (C=O) groups excluding carboxylic acids is 2. The second-order valence-electron chi connectivity index (χ2n) is 7.61. The van der Waals surface area contributed by atoms with Gasteiger partial charge in [0.2, 0.25) is 0 Å². The number of piperazine rings is 1. The first kappa shape index (κ1) is 21.0. The molecule has 0 radical (unpaired) electrons. The van der Waals surface area contributed by atoms with Gasteiger partial charge in [-0.25, -0.2) is 4.39 Å². The van der Waals surface area contributed by atoms with E-state index in [9.17, 15) is 24.1 Å². The van der Waals surface area contributed by atoms with E-state index in [2.05, 4.69) is 5.32 Å². The van der Waals surface area contributed by atoms with Crippen LogP contribution >= 0.6 is 11.6 Å². The Morgan fingerprint density at radius 1 is 1.10 bits per heavy atom. The van der Waals surface area contributed by atoms with Crippen molar-refractivity contribution in [2.45, 2.75) is 18.9 Å². The van der Waals surface area contributed by atoms with Gasteiger partial charge in [0, 0.05) is 43.9 Å². The van der Waals surface area contributed by atoms with Gasteiger partial charge in [0.1, 0.15) is 11.5 Å². The highest BCUT2D eigenvalue weighted by molar-refractivity contribution is 6.33. The number of anilines is 1. The molecule has 2 fully saturated rings. The van der Waals surface area contributed by atoms with E-state index in [4.69, 9.17) is 11.6 Å². The first-order valence-electron chi connectivity index (χ1n) is 9.92. The standard InChI is InChI=1S/C21H20ClFN4O4/c22-17-12-14(23)2-5-16(17)21(29)26-9-7-25(8-10-26)18-6-1-13(11-19(18)27(30)31)20(28)24-15-3-4-15/h1-2,5-6,11-12,15H,3-4,7-10H2,(H,24,28). The van der Waals surface area contributed by atoms with E-state index in [1.807, 2.05) is 4.90 Å². The summed E-state index contributed by atoms with van der Waals surface area (Å²) >= 11 is 5.99. The van der Waals surface area contributed by atoms with Gasteiger partial charge in [0.05, 0.1) is 15.5 Å². The number of nitrogens with zero attached hydrogens (tertiary/aromatic N) is 3. The van der Waals surface area contributed by atoms with Crippen molar-refractivity contribution in [3.8, 4) is 0 Å². The molecule has 1 aliphatic heterocycles. The molecule has 31 heavy (non-hydrogen) atoms. The molecule has 1 heterocycles. The average Bonchev–Trinajstić information content (AvgIpc) is 3.57. The molecule has 0 unspecified atom stereocenters. The second-order valence-corrected chi connectivity index (χ2v) is 8.02. The highest BCUT2D eigenvalue weighted by Gasteiger charge is 2.29. The molecule has 10 heteroatoms. The molecule has 1 saturated heterocycles. The van der Waals surface area contributed by atoms with Crippen LogP contribution in [0.5, 0.6) is 0 Å². The minimum Gasteiger partial charge on any atom is -0.362 e. The fourth-order valence-corrected chi connectivity index (χ4v) is 3.81. The van der Waals surface area contributed by atoms with E-state index < -0.39 is 10.7 Å². The summed E-state index contributed by atoms with van der Waals surface area (Å²) in [6.45, 7) is 1.40. The van der Waals surface area contributed by atoms with Gasteiger partial charge in [-0.05, 0) is 43.2 Å². The zero-order valence-corrected chi connectivity index (χ0v) is 17.3. The Labute approximate surface area is 182 Å². The van der Waals surface area contributed by atoms with Crippen LogP contribution in [0, 0.1) is 15.9 Å². The van der Waals surface area contributed by atoms with E-state index in [1.54, 1.807) is 17.0 Å². The number of nitro benzene ring substituents is 1. The van der Waals surface area contributed by atoms with Crippen LogP contribution in [0.15, 0.2) is 36.4 Å². The lowest BCUT2D eigenvalue weighted by molar-refractivity contribution is -0.384. The van der Waals surface area contributed by atoms with Gasteiger partial charge >= 0.3 is 0 Å². The first-order valence-corrected chi connectivity index (χ1v) is 10.3. The van der Waals surface area contributed by atoms with Crippen molar-refractivity contribution < 1.29 is 18.9 Å². The lowest BCUT2D eigenvalue weighted by atomic mass is 10.1. The number of rotatable bonds is 5. The molecule has 0 atom stereocenters. The zero-order chi connectivity index (χ0) is 22.1. The highest BCUT2D eigenvalue weighted by atomic mass is 35.5. The molecule has 1 aliphatic carbocycles. The molecule has 4 rings (SSSR count). The maximum Gasteiger partial charge on any atom is 0.293 e. The number of nitrogens with one attached hydrogen (secondary N) is 1. The van der Waals surface area contributed by atoms with E-state index in [1.165, 1.54) is 18.2 Å². The predicted molar refractivity (Wildman–Crippen MR) is 113 cm³/mol. The molecule has 8 nitrogen and oxygen atoms in total. The maximum absolute atomic E-state index is 13.2. The van der Waals surface area contributed by atoms with Crippen LogP contribution < -0.4 is 10.2 Å². The third-order valence-electron chi connectivity index (χ3n) is 5.42. The minimum absolute atomic E-state index is 0.0446. The van der Waals surface area contributed by atoms with Crippen LogP contribution in [0.2, 0.25) is 5.02 Å². The van der Waals surface area contributed by atoms with Crippen LogP contribution in [0.4, 0.5) is 15.8 Å². The Morgan fingerprint density at radius 2 is 1.81 bits per heavy atom. The summed E-state index contributed by atoms with van der Waals surface area (Å²) in [4.78, 5) is 39.5. The summed E-state index contributed by atoms with van der Waals surface area (Å²) in [6.07, 6.45) is 1.86. The van der Waals surface area contributed by atoms with Gasteiger partial charge in [0.15, 0.2) is 0 Å². The first-order chi connectivity index (χ1) is 14.8. The SMILES string of the molecule is O=C(NC1CC1)c1ccc(N2CCN(C(=O)c3ccc(F)cc3Cl)CC2)c([N+](=O)[O-])c1. The molecule has 2 aliphatic rings. The molecule has 0 aromatic heterocycles. The minimum atomic E-state index is -0.520. The molecule has 1 saturated carbocycles. The van der Waals surface area contributed by atoms with Gasteiger partial charge < -0.3 is 15.1 Å². The van der Waals surface area contributed by atoms with Crippen molar-refractivity contribution >= 4 is 34.8 Å². The lowest BCUT2D eigenvalue weighted by Gasteiger charge is -2.36. The van der Waals surface area contributed by atoms with Crippen molar-refractivity contribution in [1.82, 2.24) is 10.2 Å². The van der Waals surface area contributed by atoms with Crippen LogP contribution in [0.25, 0.3) is 0 Å². The van der Waals surface area contributed by atoms with E-state index >= 15 is 0 Å². The van der Waals surface area contributed by atoms with Gasteiger partial charge in [-0.1, -0.05) is 11.6 Å². The highest BCUT2D eigenvalue weighted by Crippen LogP contribution is 2.31. The Bertz CT molecular complexity index is 1050. The zero-order valence-electron chi connectivity index (χ0n) is 16.5. The topological polar surface area (TPSA) is 95.8 Å². The number of hydrogen-bond acceptors (Lipinski definition) is 5. The predicted octanol–water partition coefficient (Wildman–Crippen LogP) is 3.24. The average molecular weight is 447 g/mol. The Hall–Kier alpha value is -3.20. The van der Waals surface area contributed by atoms with E-state index in [0.29, 0.717) is 31.9 Å². The van der Waals surface area contributed by atoms with Crippen molar-refractivity contribution in [3.05, 3.63) is 68.5 Å². The summed E-state index contributed by atoms with van der Waals surface area (Å²) in [6, 6.07) is 8.23. The largest absolute Gasteiger partial charge is 0.362 e. The lowest BCUT2D eigenvalue weighted by Crippen LogP contribution is -2.49. The fourth-order valence-electron chi connectivity index (χ4n) is 3.56. The van der Waals surface area contributed by atoms with Gasteiger partial charge in [-0.3, -0.25) is 19.7 Å². The Balaban J connectivity index is 1.47. The second kappa shape index (κ2) is 8.50. The van der Waals surface area contributed by atoms with E-state index in [0.717, 1.165) is 18.9 Å². The molecule has 2 amide bonds. The monoisotopic (exact) mass is 446 g/mol. The van der Waals surface area contributed by atoms with Gasteiger partial charge in [0.25, 0.3) is 17.5 Å². The normalized spacial score (nSPS) is 16.2. The number of nitro groups is 1. The van der Waals surface area contributed by atoms with Crippen molar-refractivity contribution in [2.75, 3.05) is 31.1 Å². The molecule has 162 valence electrons. The number of halogens is 2. The van der Waals surface area contributed by atoms with Crippen LogP contribution in [0.3, 0.4) is 0 Å². The Morgan fingerprint density at radius 3 is 2.42 bits per heavy atom. The molecular formula is C21H20ClFN4O4. The van der Waals surface area contributed by atoms with Gasteiger partial charge in [-0.15, -0.1) is 0 Å². The van der Waals surface area contributed by atoms with Crippen LogP contribution in [0.1, 0.15) is 33.6 Å². The number of benzene rings is 2. The maximum atomic E-state index is 13.2. The molecular weight excluding hydrogens is 427 g/mol. The summed E-state index contributed by atoms with van der Waals surface area (Å²) in [5, 5.41) is 14.5. The molecule has 2 aromatic rings. The number of carbonyl (C=O) groups is 2. The molecule has 0 bridgehead atoms. The van der Waals surface area contributed by atoms with Crippen molar-refractivity contribution in [2.24, 2.45) is 0 Å². The summed E-state index contributed by atoms with van der Waals surface area (Å²) in [7, 11) is 0. The van der Waals surface area contributed by atoms with Crippen LogP contribution in [-0.4, -0.2) is 53.9 Å². The van der Waals surface area contributed by atoms with E-state index in [-0.39, 0.29) is 39.7 Å². The van der Waals surface area contributed by atoms with Crippen molar-refractivity contribution in [3.63, 3.8) is 0 Å². The van der Waals surface area contributed by atoms with Crippen LogP contribution in [-0.2, 0) is 0 Å². The summed E-state index contributed by atoms with van der Waals surface area (Å²) in [5.41, 5.74) is 0.723. The fraction of sp³-hybridized carbons (Fsp3) is 0.333. The summed E-state index contributed by atoms with van der Waals surface area (Å²) in [5.74, 6) is -1.15. The molecule has 0 spiro atoms. The smallest absolute Gasteiger partial charge is 0.293 e. The molecule has 1 N–H and O–H groups in total. The quantitative estimate of drug-likeness (QED) is 0.562. The van der Waals surface area contributed by atoms with Crippen molar-refractivity contribution in [1.29, 1.82) is 0 Å². The summed E-state index contributed by atoms with van der Waals surface area (Å²) < 4.78 is 13.2. The molecule has 2 aromatic carbocycles. The third-order valence-corrected chi connectivity index (χ3v) is 5.73.